The number of anilines is 1. The molecule has 0 spiro atoms. The highest BCUT2D eigenvalue weighted by atomic mass is 79.9. The monoisotopic (exact) mass is 342 g/mol. The van der Waals surface area contributed by atoms with E-state index in [4.69, 9.17) is 4.74 Å². The lowest BCUT2D eigenvalue weighted by Crippen LogP contribution is -2.33. The van der Waals surface area contributed by atoms with Crippen LogP contribution in [0.5, 0.6) is 5.75 Å². The zero-order valence-corrected chi connectivity index (χ0v) is 13.2. The number of benzene rings is 1. The lowest BCUT2D eigenvalue weighted by Gasteiger charge is -2.17. The number of ether oxygens (including phenoxy) is 1. The van der Waals surface area contributed by atoms with Crippen molar-refractivity contribution < 1.29 is 14.6 Å². The van der Waals surface area contributed by atoms with Crippen LogP contribution in [-0.4, -0.2) is 41.3 Å². The molecule has 1 aromatic carbocycles. The summed E-state index contributed by atoms with van der Waals surface area (Å²) in [5.74, 6) is 0.700. The highest BCUT2D eigenvalue weighted by Gasteiger charge is 2.24. The number of aliphatic hydroxyl groups excluding tert-OH is 1. The average Bonchev–Trinajstić information content (AvgIpc) is 2.74. The summed E-state index contributed by atoms with van der Waals surface area (Å²) in [6, 6.07) is 5.26. The first kappa shape index (κ1) is 15.1. The van der Waals surface area contributed by atoms with E-state index in [9.17, 15) is 9.90 Å². The van der Waals surface area contributed by atoms with E-state index < -0.39 is 6.10 Å². The van der Waals surface area contributed by atoms with Gasteiger partial charge in [0.2, 0.25) is 0 Å². The molecule has 1 fully saturated rings. The number of rotatable bonds is 3. The molecule has 2 rings (SSSR count). The van der Waals surface area contributed by atoms with Crippen molar-refractivity contribution in [3.05, 3.63) is 22.7 Å². The van der Waals surface area contributed by atoms with Crippen molar-refractivity contribution in [1.29, 1.82) is 0 Å². The second-order valence-electron chi connectivity index (χ2n) is 5.16. The Balaban J connectivity index is 2.05. The van der Waals surface area contributed by atoms with Gasteiger partial charge in [0.15, 0.2) is 0 Å². The average molecular weight is 343 g/mol. The predicted molar refractivity (Wildman–Crippen MR) is 81.1 cm³/mol. The van der Waals surface area contributed by atoms with Crippen LogP contribution in [0, 0.1) is 0 Å². The molecule has 2 amide bonds. The van der Waals surface area contributed by atoms with Gasteiger partial charge in [0, 0.05) is 29.3 Å². The molecule has 0 aromatic heterocycles. The molecule has 5 nitrogen and oxygen atoms in total. The molecule has 0 radical (unpaired) electrons. The molecule has 0 unspecified atom stereocenters. The van der Waals surface area contributed by atoms with Crippen LogP contribution in [0.4, 0.5) is 10.5 Å². The summed E-state index contributed by atoms with van der Waals surface area (Å²) in [6.07, 6.45) is 0.290. The molecule has 1 saturated heterocycles. The van der Waals surface area contributed by atoms with Gasteiger partial charge in [-0.3, -0.25) is 0 Å². The van der Waals surface area contributed by atoms with Gasteiger partial charge in [-0.1, -0.05) is 15.9 Å². The number of halogens is 1. The van der Waals surface area contributed by atoms with E-state index >= 15 is 0 Å². The molecule has 6 heteroatoms. The predicted octanol–water partition coefficient (Wildman–Crippen LogP) is 2.83. The standard InChI is InChI=1S/C14H19BrN2O3/c1-9(2)20-13-6-10(15)5-11(7-13)16-14(19)17-4-3-12(18)8-17/h5-7,9,12,18H,3-4,8H2,1-2H3,(H,16,19)/t12-/m0/s1. The van der Waals surface area contributed by atoms with Gasteiger partial charge in [0.1, 0.15) is 5.75 Å². The van der Waals surface area contributed by atoms with Crippen LogP contribution >= 0.6 is 15.9 Å². The van der Waals surface area contributed by atoms with Crippen LogP contribution in [-0.2, 0) is 0 Å². The number of hydrogen-bond donors (Lipinski definition) is 2. The minimum absolute atomic E-state index is 0.0709. The van der Waals surface area contributed by atoms with E-state index in [1.165, 1.54) is 0 Å². The quantitative estimate of drug-likeness (QED) is 0.887. The van der Waals surface area contributed by atoms with Crippen LogP contribution < -0.4 is 10.1 Å². The van der Waals surface area contributed by atoms with Crippen molar-refractivity contribution in [2.24, 2.45) is 0 Å². The third-order valence-electron chi connectivity index (χ3n) is 2.94. The Kier molecular flexibility index (Phi) is 4.88. The molecule has 1 aromatic rings. The van der Waals surface area contributed by atoms with Crippen molar-refractivity contribution in [3.63, 3.8) is 0 Å². The lowest BCUT2D eigenvalue weighted by atomic mass is 10.3. The Bertz CT molecular complexity index is 493. The first-order valence-corrected chi connectivity index (χ1v) is 7.44. The van der Waals surface area contributed by atoms with Crippen molar-refractivity contribution >= 4 is 27.6 Å². The van der Waals surface area contributed by atoms with Crippen LogP contribution in [0.15, 0.2) is 22.7 Å². The molecular formula is C14H19BrN2O3. The summed E-state index contributed by atoms with van der Waals surface area (Å²) in [7, 11) is 0. The molecule has 1 heterocycles. The number of amides is 2. The molecule has 0 bridgehead atoms. The molecule has 0 aliphatic carbocycles. The van der Waals surface area contributed by atoms with Crippen LogP contribution in [0.25, 0.3) is 0 Å². The molecule has 0 saturated carbocycles. The summed E-state index contributed by atoms with van der Waals surface area (Å²) in [4.78, 5) is 13.7. The highest BCUT2D eigenvalue weighted by Crippen LogP contribution is 2.26. The number of hydrogen-bond acceptors (Lipinski definition) is 3. The maximum absolute atomic E-state index is 12.1. The zero-order valence-electron chi connectivity index (χ0n) is 11.6. The minimum atomic E-state index is -0.414. The number of urea groups is 1. The van der Waals surface area contributed by atoms with Gasteiger partial charge in [-0.25, -0.2) is 4.79 Å². The summed E-state index contributed by atoms with van der Waals surface area (Å²) in [5.41, 5.74) is 0.668. The van der Waals surface area contributed by atoms with Gasteiger partial charge < -0.3 is 20.1 Å². The molecule has 20 heavy (non-hydrogen) atoms. The van der Waals surface area contributed by atoms with Gasteiger partial charge in [0.05, 0.1) is 12.2 Å². The van der Waals surface area contributed by atoms with Crippen molar-refractivity contribution in [2.45, 2.75) is 32.5 Å². The SMILES string of the molecule is CC(C)Oc1cc(Br)cc(NC(=O)N2CC[C@H](O)C2)c1. The van der Waals surface area contributed by atoms with Gasteiger partial charge in [-0.05, 0) is 32.4 Å². The summed E-state index contributed by atoms with van der Waals surface area (Å²) >= 11 is 3.40. The Morgan fingerprint density at radius 1 is 1.50 bits per heavy atom. The van der Waals surface area contributed by atoms with Gasteiger partial charge in [0.25, 0.3) is 0 Å². The fourth-order valence-corrected chi connectivity index (χ4v) is 2.58. The maximum Gasteiger partial charge on any atom is 0.321 e. The summed E-state index contributed by atoms with van der Waals surface area (Å²) < 4.78 is 6.47. The zero-order chi connectivity index (χ0) is 14.7. The van der Waals surface area contributed by atoms with E-state index in [1.807, 2.05) is 26.0 Å². The molecular weight excluding hydrogens is 324 g/mol. The molecule has 1 atom stereocenters. The maximum atomic E-state index is 12.1. The molecule has 1 aliphatic heterocycles. The number of likely N-dealkylation sites (tertiary alicyclic amines) is 1. The second kappa shape index (κ2) is 6.45. The van der Waals surface area contributed by atoms with Gasteiger partial charge >= 0.3 is 6.03 Å². The normalized spacial score (nSPS) is 18.4. The Morgan fingerprint density at radius 2 is 2.25 bits per heavy atom. The van der Waals surface area contributed by atoms with Crippen molar-refractivity contribution in [1.82, 2.24) is 4.90 Å². The number of carbonyl (C=O) groups excluding carboxylic acids is 1. The topological polar surface area (TPSA) is 61.8 Å². The Hall–Kier alpha value is -1.27. The lowest BCUT2D eigenvalue weighted by molar-refractivity contribution is 0.176. The number of carbonyl (C=O) groups is 1. The van der Waals surface area contributed by atoms with E-state index in [2.05, 4.69) is 21.2 Å². The minimum Gasteiger partial charge on any atom is -0.491 e. The molecule has 1 aliphatic rings. The second-order valence-corrected chi connectivity index (χ2v) is 6.08. The van der Waals surface area contributed by atoms with E-state index in [0.29, 0.717) is 30.9 Å². The van der Waals surface area contributed by atoms with Crippen molar-refractivity contribution in [3.8, 4) is 5.75 Å². The van der Waals surface area contributed by atoms with E-state index in [0.717, 1.165) is 4.47 Å². The number of nitrogens with one attached hydrogen (secondary N) is 1. The first-order chi connectivity index (χ1) is 9.44. The van der Waals surface area contributed by atoms with E-state index in [1.54, 1.807) is 11.0 Å². The van der Waals surface area contributed by atoms with Crippen molar-refractivity contribution in [2.75, 3.05) is 18.4 Å². The fourth-order valence-electron chi connectivity index (χ4n) is 2.10. The van der Waals surface area contributed by atoms with Gasteiger partial charge in [-0.2, -0.15) is 0 Å². The highest BCUT2D eigenvalue weighted by molar-refractivity contribution is 9.10. The number of β-amino-alcohol motifs (C(OH)–C–C–N with tert-alkyl or cyclic N) is 1. The number of nitrogens with zero attached hydrogens (tertiary/aromatic N) is 1. The summed E-state index contributed by atoms with van der Waals surface area (Å²) in [6.45, 7) is 4.86. The largest absolute Gasteiger partial charge is 0.491 e. The van der Waals surface area contributed by atoms with Gasteiger partial charge in [-0.15, -0.1) is 0 Å². The van der Waals surface area contributed by atoms with E-state index in [-0.39, 0.29) is 12.1 Å². The van der Waals surface area contributed by atoms with Crippen LogP contribution in [0.3, 0.4) is 0 Å². The fraction of sp³-hybridized carbons (Fsp3) is 0.500. The third-order valence-corrected chi connectivity index (χ3v) is 3.40. The molecule has 2 N–H and O–H groups in total. The first-order valence-electron chi connectivity index (χ1n) is 6.65. The Labute approximate surface area is 127 Å². The Morgan fingerprint density at radius 3 is 2.85 bits per heavy atom. The smallest absolute Gasteiger partial charge is 0.321 e. The number of aliphatic hydroxyl groups is 1. The summed E-state index contributed by atoms with van der Waals surface area (Å²) in [5, 5.41) is 12.3. The molecule has 110 valence electrons. The third kappa shape index (κ3) is 4.11. The van der Waals surface area contributed by atoms with Crippen LogP contribution in [0.2, 0.25) is 0 Å². The van der Waals surface area contributed by atoms with Crippen LogP contribution in [0.1, 0.15) is 20.3 Å².